The summed E-state index contributed by atoms with van der Waals surface area (Å²) in [6, 6.07) is 14.1. The first kappa shape index (κ1) is 21.2. The fourth-order valence-corrected chi connectivity index (χ4v) is 5.59. The number of sulfonamides is 1. The Balaban J connectivity index is 1.65. The molecule has 9 heteroatoms. The number of halogens is 1. The summed E-state index contributed by atoms with van der Waals surface area (Å²) >= 11 is 0. The van der Waals surface area contributed by atoms with Crippen molar-refractivity contribution in [1.29, 1.82) is 0 Å². The van der Waals surface area contributed by atoms with E-state index >= 15 is 0 Å². The molecule has 1 aliphatic heterocycles. The van der Waals surface area contributed by atoms with E-state index in [-0.39, 0.29) is 10.6 Å². The number of anilines is 2. The van der Waals surface area contributed by atoms with Crippen LogP contribution in [-0.4, -0.2) is 36.3 Å². The number of rotatable bonds is 6. The minimum Gasteiger partial charge on any atom is -0.495 e. The van der Waals surface area contributed by atoms with E-state index in [4.69, 9.17) is 4.74 Å². The number of nitrogens with zero attached hydrogens (tertiary/aromatic N) is 3. The Labute approximate surface area is 181 Å². The number of hydrogen-bond donors (Lipinski definition) is 1. The highest BCUT2D eigenvalue weighted by molar-refractivity contribution is 7.89. The SMILES string of the molecule is COc1ccc(F)cc1S(=O)(=O)N1CCCC1c1cccc(Nc2cccc(C)n2)n1. The minimum atomic E-state index is -3.98. The van der Waals surface area contributed by atoms with Crippen LogP contribution < -0.4 is 10.1 Å². The lowest BCUT2D eigenvalue weighted by Crippen LogP contribution is -2.31. The Morgan fingerprint density at radius 2 is 1.84 bits per heavy atom. The van der Waals surface area contributed by atoms with Crippen molar-refractivity contribution in [3.05, 3.63) is 71.8 Å². The quantitative estimate of drug-likeness (QED) is 0.616. The van der Waals surface area contributed by atoms with E-state index < -0.39 is 21.9 Å². The first-order valence-electron chi connectivity index (χ1n) is 9.91. The predicted molar refractivity (Wildman–Crippen MR) is 115 cm³/mol. The molecule has 2 aromatic heterocycles. The highest BCUT2D eigenvalue weighted by Gasteiger charge is 2.38. The molecule has 31 heavy (non-hydrogen) atoms. The lowest BCUT2D eigenvalue weighted by atomic mass is 10.1. The molecule has 1 aromatic carbocycles. The van der Waals surface area contributed by atoms with Crippen molar-refractivity contribution in [2.75, 3.05) is 19.0 Å². The number of nitrogens with one attached hydrogen (secondary N) is 1. The third-order valence-corrected chi connectivity index (χ3v) is 7.10. The van der Waals surface area contributed by atoms with Crippen LogP contribution in [-0.2, 0) is 10.0 Å². The van der Waals surface area contributed by atoms with Crippen molar-refractivity contribution < 1.29 is 17.5 Å². The summed E-state index contributed by atoms with van der Waals surface area (Å²) in [7, 11) is -2.62. The Morgan fingerprint density at radius 1 is 1.10 bits per heavy atom. The molecule has 0 amide bonds. The van der Waals surface area contributed by atoms with Crippen molar-refractivity contribution in [2.45, 2.75) is 30.7 Å². The highest BCUT2D eigenvalue weighted by Crippen LogP contribution is 2.38. The second-order valence-electron chi connectivity index (χ2n) is 7.31. The molecule has 162 valence electrons. The zero-order valence-electron chi connectivity index (χ0n) is 17.2. The fourth-order valence-electron chi connectivity index (χ4n) is 3.75. The summed E-state index contributed by atoms with van der Waals surface area (Å²) in [6.45, 7) is 2.22. The van der Waals surface area contributed by atoms with Gasteiger partial charge in [0, 0.05) is 12.2 Å². The van der Waals surface area contributed by atoms with Gasteiger partial charge in [0.2, 0.25) is 10.0 Å². The first-order chi connectivity index (χ1) is 14.9. The molecule has 7 nitrogen and oxygen atoms in total. The van der Waals surface area contributed by atoms with Crippen LogP contribution in [0.5, 0.6) is 5.75 Å². The third kappa shape index (κ3) is 4.38. The number of aryl methyl sites for hydroxylation is 1. The summed E-state index contributed by atoms with van der Waals surface area (Å²) < 4.78 is 47.2. The molecule has 4 rings (SSSR count). The molecular weight excluding hydrogens is 419 g/mol. The van der Waals surface area contributed by atoms with Crippen LogP contribution in [0.1, 0.15) is 30.3 Å². The fraction of sp³-hybridized carbons (Fsp3) is 0.273. The lowest BCUT2D eigenvalue weighted by Gasteiger charge is -2.25. The Hall–Kier alpha value is -3.04. The van der Waals surface area contributed by atoms with E-state index in [9.17, 15) is 12.8 Å². The van der Waals surface area contributed by atoms with Gasteiger partial charge in [0.25, 0.3) is 0 Å². The van der Waals surface area contributed by atoms with Gasteiger partial charge in [-0.1, -0.05) is 12.1 Å². The van der Waals surface area contributed by atoms with Crippen LogP contribution in [0.4, 0.5) is 16.0 Å². The number of pyridine rings is 2. The predicted octanol–water partition coefficient (Wildman–Crippen LogP) is 4.20. The van der Waals surface area contributed by atoms with E-state index in [1.54, 1.807) is 12.1 Å². The van der Waals surface area contributed by atoms with Gasteiger partial charge in [-0.25, -0.2) is 22.8 Å². The van der Waals surface area contributed by atoms with Gasteiger partial charge in [-0.3, -0.25) is 0 Å². The number of ether oxygens (including phenoxy) is 1. The van der Waals surface area contributed by atoms with Crippen LogP contribution in [0, 0.1) is 12.7 Å². The Kier molecular flexibility index (Phi) is 5.88. The molecule has 0 saturated carbocycles. The minimum absolute atomic E-state index is 0.112. The van der Waals surface area contributed by atoms with Crippen molar-refractivity contribution in [3.8, 4) is 5.75 Å². The average molecular weight is 443 g/mol. The summed E-state index contributed by atoms with van der Waals surface area (Å²) in [5.41, 5.74) is 1.49. The van der Waals surface area contributed by atoms with Gasteiger partial charge < -0.3 is 10.1 Å². The summed E-state index contributed by atoms with van der Waals surface area (Å²) in [6.07, 6.45) is 1.30. The molecule has 3 heterocycles. The topological polar surface area (TPSA) is 84.4 Å². The molecule has 1 fully saturated rings. The average Bonchev–Trinajstić information content (AvgIpc) is 3.25. The van der Waals surface area contributed by atoms with Gasteiger partial charge in [0.1, 0.15) is 28.1 Å². The summed E-state index contributed by atoms with van der Waals surface area (Å²) in [5, 5.41) is 3.16. The largest absolute Gasteiger partial charge is 0.495 e. The van der Waals surface area contributed by atoms with E-state index in [1.807, 2.05) is 31.2 Å². The van der Waals surface area contributed by atoms with Gasteiger partial charge in [0.05, 0.1) is 18.8 Å². The molecule has 0 bridgehead atoms. The number of methoxy groups -OCH3 is 1. The zero-order chi connectivity index (χ0) is 22.0. The Bertz CT molecular complexity index is 1200. The van der Waals surface area contributed by atoms with Gasteiger partial charge in [0.15, 0.2) is 0 Å². The number of aromatic nitrogens is 2. The monoisotopic (exact) mass is 442 g/mol. The molecule has 1 atom stereocenters. The van der Waals surface area contributed by atoms with E-state index in [1.165, 1.54) is 23.5 Å². The number of hydrogen-bond acceptors (Lipinski definition) is 6. The molecule has 0 aliphatic carbocycles. The maximum Gasteiger partial charge on any atom is 0.247 e. The van der Waals surface area contributed by atoms with Crippen LogP contribution in [0.3, 0.4) is 0 Å². The second-order valence-corrected chi connectivity index (χ2v) is 9.16. The summed E-state index contributed by atoms with van der Waals surface area (Å²) in [4.78, 5) is 8.86. The maximum absolute atomic E-state index is 13.8. The van der Waals surface area contributed by atoms with Crippen molar-refractivity contribution in [3.63, 3.8) is 0 Å². The van der Waals surface area contributed by atoms with Gasteiger partial charge in [-0.2, -0.15) is 4.31 Å². The van der Waals surface area contributed by atoms with Crippen molar-refractivity contribution in [1.82, 2.24) is 14.3 Å². The smallest absolute Gasteiger partial charge is 0.247 e. The normalized spacial score (nSPS) is 16.9. The van der Waals surface area contributed by atoms with Crippen molar-refractivity contribution >= 4 is 21.7 Å². The van der Waals surface area contributed by atoms with Crippen molar-refractivity contribution in [2.24, 2.45) is 0 Å². The first-order valence-corrected chi connectivity index (χ1v) is 11.4. The molecule has 1 N–H and O–H groups in total. The standard InChI is InChI=1S/C22H23FN4O3S/c1-15-6-3-9-21(24-15)26-22-10-4-7-17(25-22)18-8-5-13-27(18)31(28,29)20-14-16(23)11-12-19(20)30-2/h3-4,6-7,9-12,14,18H,5,8,13H2,1-2H3,(H,24,25,26). The number of benzene rings is 1. The molecule has 0 spiro atoms. The third-order valence-electron chi connectivity index (χ3n) is 5.17. The van der Waals surface area contributed by atoms with Crippen LogP contribution in [0.25, 0.3) is 0 Å². The van der Waals surface area contributed by atoms with Gasteiger partial charge in [-0.15, -0.1) is 0 Å². The van der Waals surface area contributed by atoms with Gasteiger partial charge in [-0.05, 0) is 62.2 Å². The molecule has 3 aromatic rings. The molecule has 1 aliphatic rings. The van der Waals surface area contributed by atoms with E-state index in [0.29, 0.717) is 36.7 Å². The second kappa shape index (κ2) is 8.60. The molecule has 1 unspecified atom stereocenters. The van der Waals surface area contributed by atoms with Crippen LogP contribution in [0.15, 0.2) is 59.5 Å². The highest BCUT2D eigenvalue weighted by atomic mass is 32.2. The summed E-state index contributed by atoms with van der Waals surface area (Å²) in [5.74, 6) is 0.708. The molecular formula is C22H23FN4O3S. The molecule has 1 saturated heterocycles. The zero-order valence-corrected chi connectivity index (χ0v) is 18.1. The van der Waals surface area contributed by atoms with E-state index in [2.05, 4.69) is 15.3 Å². The van der Waals surface area contributed by atoms with Crippen LogP contribution in [0.2, 0.25) is 0 Å². The lowest BCUT2D eigenvalue weighted by molar-refractivity contribution is 0.376. The maximum atomic E-state index is 13.8. The van der Waals surface area contributed by atoms with E-state index in [0.717, 1.165) is 11.8 Å². The molecule has 0 radical (unpaired) electrons. The Morgan fingerprint density at radius 3 is 2.58 bits per heavy atom. The van der Waals surface area contributed by atoms with Crippen LogP contribution >= 0.6 is 0 Å². The van der Waals surface area contributed by atoms with Gasteiger partial charge >= 0.3 is 0 Å².